The van der Waals surface area contributed by atoms with Gasteiger partial charge >= 0.3 is 0 Å². The Labute approximate surface area is 102 Å². The predicted octanol–water partition coefficient (Wildman–Crippen LogP) is 0.545. The summed E-state index contributed by atoms with van der Waals surface area (Å²) >= 11 is 0. The lowest BCUT2D eigenvalue weighted by molar-refractivity contribution is 0.0695. The third-order valence-electron chi connectivity index (χ3n) is 2.52. The van der Waals surface area contributed by atoms with Gasteiger partial charge in [-0.3, -0.25) is 4.98 Å². The molecule has 1 heterocycles. The molecule has 2 unspecified atom stereocenters. The number of likely N-dealkylation sites (N-methyl/N-ethyl adjacent to an activating group) is 1. The van der Waals surface area contributed by atoms with E-state index < -0.39 is 6.10 Å². The zero-order chi connectivity index (χ0) is 12.8. The average Bonchev–Trinajstić information content (AvgIpc) is 2.29. The molecule has 0 radical (unpaired) electrons. The number of hydrogen-bond acceptors (Lipinski definition) is 5. The first kappa shape index (κ1) is 13.9. The van der Waals surface area contributed by atoms with E-state index in [0.29, 0.717) is 13.2 Å². The number of anilines is 1. The molecule has 5 nitrogen and oxygen atoms in total. The first-order valence-corrected chi connectivity index (χ1v) is 5.64. The Bertz CT molecular complexity index is 327. The fourth-order valence-corrected chi connectivity index (χ4v) is 1.56. The first-order chi connectivity index (χ1) is 8.04. The van der Waals surface area contributed by atoms with Crippen molar-refractivity contribution in [1.29, 1.82) is 0 Å². The van der Waals surface area contributed by atoms with Gasteiger partial charge in [-0.2, -0.15) is 0 Å². The van der Waals surface area contributed by atoms with Crippen LogP contribution < -0.4 is 10.6 Å². The van der Waals surface area contributed by atoms with E-state index in [1.54, 1.807) is 13.3 Å². The Morgan fingerprint density at radius 1 is 1.53 bits per heavy atom. The number of nitrogens with two attached hydrogens (primary N) is 1. The molecule has 0 saturated heterocycles. The summed E-state index contributed by atoms with van der Waals surface area (Å²) in [5, 5.41) is 9.62. The van der Waals surface area contributed by atoms with E-state index in [9.17, 15) is 5.11 Å². The summed E-state index contributed by atoms with van der Waals surface area (Å²) in [7, 11) is 3.48. The van der Waals surface area contributed by atoms with Gasteiger partial charge in [-0.25, -0.2) is 0 Å². The molecule has 1 aromatic rings. The summed E-state index contributed by atoms with van der Waals surface area (Å²) in [5.74, 6) is 0. The van der Waals surface area contributed by atoms with Crippen molar-refractivity contribution < 1.29 is 9.84 Å². The number of nitrogens with zero attached hydrogens (tertiary/aromatic N) is 2. The number of methoxy groups -OCH3 is 1. The quantitative estimate of drug-likeness (QED) is 0.758. The summed E-state index contributed by atoms with van der Waals surface area (Å²) in [6, 6.07) is 3.79. The number of aliphatic hydroxyl groups excluding tert-OH is 1. The summed E-state index contributed by atoms with van der Waals surface area (Å²) in [4.78, 5) is 6.21. The molecule has 0 saturated carbocycles. The number of rotatable bonds is 6. The van der Waals surface area contributed by atoms with E-state index in [0.717, 1.165) is 11.4 Å². The van der Waals surface area contributed by atoms with Crippen molar-refractivity contribution >= 4 is 5.69 Å². The molecular formula is C12H21N3O2. The number of ether oxygens (including phenoxy) is 1. The summed E-state index contributed by atoms with van der Waals surface area (Å²) in [5.41, 5.74) is 7.54. The van der Waals surface area contributed by atoms with Crippen LogP contribution in [-0.2, 0) is 4.74 Å². The summed E-state index contributed by atoms with van der Waals surface area (Å²) in [6.07, 6.45) is 1.26. The van der Waals surface area contributed by atoms with Crippen molar-refractivity contribution in [2.75, 3.05) is 32.2 Å². The largest absolute Gasteiger partial charge is 0.389 e. The van der Waals surface area contributed by atoms with Crippen molar-refractivity contribution in [1.82, 2.24) is 4.98 Å². The fraction of sp³-hybridized carbons (Fsp3) is 0.583. The van der Waals surface area contributed by atoms with Gasteiger partial charge in [0.05, 0.1) is 30.3 Å². The van der Waals surface area contributed by atoms with Crippen molar-refractivity contribution in [2.45, 2.75) is 19.1 Å². The van der Waals surface area contributed by atoms with E-state index >= 15 is 0 Å². The molecule has 0 aliphatic heterocycles. The average molecular weight is 239 g/mol. The molecule has 0 aliphatic rings. The van der Waals surface area contributed by atoms with Crippen LogP contribution in [0.2, 0.25) is 0 Å². The number of aromatic nitrogens is 1. The Morgan fingerprint density at radius 2 is 2.24 bits per heavy atom. The zero-order valence-corrected chi connectivity index (χ0v) is 10.6. The molecule has 17 heavy (non-hydrogen) atoms. The minimum absolute atomic E-state index is 0.0616. The molecule has 0 aliphatic carbocycles. The summed E-state index contributed by atoms with van der Waals surface area (Å²) < 4.78 is 4.88. The number of aliphatic hydroxyl groups is 1. The third-order valence-corrected chi connectivity index (χ3v) is 2.52. The van der Waals surface area contributed by atoms with E-state index in [1.165, 1.54) is 0 Å². The molecule has 1 rings (SSSR count). The van der Waals surface area contributed by atoms with Crippen molar-refractivity contribution in [2.24, 2.45) is 5.73 Å². The highest BCUT2D eigenvalue weighted by Gasteiger charge is 2.09. The van der Waals surface area contributed by atoms with E-state index in [-0.39, 0.29) is 6.04 Å². The van der Waals surface area contributed by atoms with Gasteiger partial charge in [0.2, 0.25) is 0 Å². The third kappa shape index (κ3) is 4.30. The molecule has 0 amide bonds. The Kier molecular flexibility index (Phi) is 5.34. The van der Waals surface area contributed by atoms with Crippen LogP contribution in [0.1, 0.15) is 18.7 Å². The maximum atomic E-state index is 9.62. The second-order valence-corrected chi connectivity index (χ2v) is 4.22. The molecular weight excluding hydrogens is 218 g/mol. The summed E-state index contributed by atoms with van der Waals surface area (Å²) in [6.45, 7) is 2.73. The van der Waals surface area contributed by atoms with Crippen LogP contribution in [0.5, 0.6) is 0 Å². The maximum Gasteiger partial charge on any atom is 0.0947 e. The number of pyridine rings is 1. The van der Waals surface area contributed by atoms with Gasteiger partial charge in [0.25, 0.3) is 0 Å². The lowest BCUT2D eigenvalue weighted by Crippen LogP contribution is -2.31. The lowest BCUT2D eigenvalue weighted by Gasteiger charge is -2.22. The molecule has 0 fully saturated rings. The van der Waals surface area contributed by atoms with Gasteiger partial charge in [0.15, 0.2) is 0 Å². The van der Waals surface area contributed by atoms with Gasteiger partial charge < -0.3 is 20.5 Å². The molecule has 96 valence electrons. The second kappa shape index (κ2) is 6.54. The molecule has 3 N–H and O–H groups in total. The smallest absolute Gasteiger partial charge is 0.0947 e. The van der Waals surface area contributed by atoms with E-state index in [2.05, 4.69) is 4.98 Å². The molecule has 1 aromatic heterocycles. The van der Waals surface area contributed by atoms with Gasteiger partial charge in [0.1, 0.15) is 0 Å². The molecule has 0 bridgehead atoms. The van der Waals surface area contributed by atoms with Crippen LogP contribution in [0.4, 0.5) is 5.69 Å². The molecule has 5 heteroatoms. The second-order valence-electron chi connectivity index (χ2n) is 4.22. The normalized spacial score (nSPS) is 14.4. The number of hydrogen-bond donors (Lipinski definition) is 2. The van der Waals surface area contributed by atoms with Crippen molar-refractivity contribution in [3.63, 3.8) is 0 Å². The van der Waals surface area contributed by atoms with Gasteiger partial charge in [0, 0.05) is 26.7 Å². The van der Waals surface area contributed by atoms with Crippen LogP contribution in [0.25, 0.3) is 0 Å². The van der Waals surface area contributed by atoms with Crippen molar-refractivity contribution in [3.05, 3.63) is 24.0 Å². The Hall–Kier alpha value is -1.17. The van der Waals surface area contributed by atoms with Gasteiger partial charge in [-0.1, -0.05) is 0 Å². The van der Waals surface area contributed by atoms with Crippen molar-refractivity contribution in [3.8, 4) is 0 Å². The highest BCUT2D eigenvalue weighted by Crippen LogP contribution is 2.14. The van der Waals surface area contributed by atoms with Crippen LogP contribution in [0.3, 0.4) is 0 Å². The van der Waals surface area contributed by atoms with Crippen LogP contribution in [-0.4, -0.2) is 43.5 Å². The lowest BCUT2D eigenvalue weighted by atomic mass is 10.2. The van der Waals surface area contributed by atoms with Crippen LogP contribution >= 0.6 is 0 Å². The predicted molar refractivity (Wildman–Crippen MR) is 68.0 cm³/mol. The monoisotopic (exact) mass is 239 g/mol. The minimum Gasteiger partial charge on any atom is -0.389 e. The standard InChI is InChI=1S/C12H21N3O2/c1-9(13)12-5-4-10(6-14-12)15(2)7-11(16)8-17-3/h4-6,9,11,16H,7-8,13H2,1-3H3. The van der Waals surface area contributed by atoms with E-state index in [1.807, 2.05) is 31.0 Å². The topological polar surface area (TPSA) is 71.6 Å². The SMILES string of the molecule is COCC(O)CN(C)c1ccc(C(C)N)nc1. The molecule has 0 aromatic carbocycles. The van der Waals surface area contributed by atoms with Gasteiger partial charge in [-0.05, 0) is 19.1 Å². The Morgan fingerprint density at radius 3 is 2.71 bits per heavy atom. The van der Waals surface area contributed by atoms with E-state index in [4.69, 9.17) is 10.5 Å². The van der Waals surface area contributed by atoms with Crippen LogP contribution in [0, 0.1) is 0 Å². The van der Waals surface area contributed by atoms with Gasteiger partial charge in [-0.15, -0.1) is 0 Å². The molecule has 2 atom stereocenters. The minimum atomic E-state index is -0.502. The molecule has 0 spiro atoms. The fourth-order valence-electron chi connectivity index (χ4n) is 1.56. The zero-order valence-electron chi connectivity index (χ0n) is 10.6. The highest BCUT2D eigenvalue weighted by atomic mass is 16.5. The van der Waals surface area contributed by atoms with Crippen LogP contribution in [0.15, 0.2) is 18.3 Å². The Balaban J connectivity index is 2.60. The highest BCUT2D eigenvalue weighted by molar-refractivity contribution is 5.44. The maximum absolute atomic E-state index is 9.62. The first-order valence-electron chi connectivity index (χ1n) is 5.64.